The average molecular weight is 376 g/mol. The number of hydrogen-bond acceptors (Lipinski definition) is 8. The monoisotopic (exact) mass is 376 g/mol. The Morgan fingerprint density at radius 2 is 2.08 bits per heavy atom. The van der Waals surface area contributed by atoms with Crippen LogP contribution in [-0.2, 0) is 9.53 Å². The number of nitrogens with zero attached hydrogens (tertiary/aromatic N) is 2. The van der Waals surface area contributed by atoms with Crippen LogP contribution in [0.15, 0.2) is 35.6 Å². The van der Waals surface area contributed by atoms with Crippen molar-refractivity contribution in [3.05, 3.63) is 36.0 Å². The Morgan fingerprint density at radius 1 is 1.35 bits per heavy atom. The number of nitrogens with one attached hydrogen (secondary N) is 1. The van der Waals surface area contributed by atoms with E-state index >= 15 is 0 Å². The van der Waals surface area contributed by atoms with E-state index in [1.54, 1.807) is 32.0 Å². The van der Waals surface area contributed by atoms with Crippen LogP contribution >= 0.6 is 11.8 Å². The largest absolute Gasteiger partial charge is 0.495 e. The zero-order chi connectivity index (χ0) is 19.1. The van der Waals surface area contributed by atoms with E-state index in [9.17, 15) is 9.59 Å². The second kappa shape index (κ2) is 9.04. The Kier molecular flexibility index (Phi) is 6.79. The van der Waals surface area contributed by atoms with Crippen LogP contribution in [0, 0.1) is 0 Å². The molecule has 138 valence electrons. The zero-order valence-electron chi connectivity index (χ0n) is 14.7. The van der Waals surface area contributed by atoms with Crippen molar-refractivity contribution in [3.8, 4) is 5.75 Å². The van der Waals surface area contributed by atoms with Crippen LogP contribution in [0.2, 0.25) is 0 Å². The molecule has 0 saturated carbocycles. The van der Waals surface area contributed by atoms with E-state index in [1.807, 2.05) is 6.07 Å². The molecule has 0 aliphatic rings. The second-order valence-electron chi connectivity index (χ2n) is 5.12. The van der Waals surface area contributed by atoms with Gasteiger partial charge in [-0.2, -0.15) is 0 Å². The van der Waals surface area contributed by atoms with E-state index in [-0.39, 0.29) is 23.9 Å². The minimum atomic E-state index is -0.580. The van der Waals surface area contributed by atoms with E-state index in [4.69, 9.17) is 15.2 Å². The highest BCUT2D eigenvalue weighted by atomic mass is 32.2. The van der Waals surface area contributed by atoms with Crippen LogP contribution in [0.25, 0.3) is 0 Å². The third-order valence-corrected chi connectivity index (χ3v) is 4.28. The molecular weight excluding hydrogens is 356 g/mol. The Balaban J connectivity index is 2.04. The lowest BCUT2D eigenvalue weighted by Crippen LogP contribution is -2.23. The number of aromatic nitrogens is 2. The van der Waals surface area contributed by atoms with Gasteiger partial charge >= 0.3 is 5.97 Å². The van der Waals surface area contributed by atoms with Gasteiger partial charge in [-0.1, -0.05) is 23.9 Å². The van der Waals surface area contributed by atoms with Crippen LogP contribution in [0.4, 0.5) is 11.5 Å². The summed E-state index contributed by atoms with van der Waals surface area (Å²) in [6.45, 7) is 3.64. The molecule has 0 unspecified atom stereocenters. The van der Waals surface area contributed by atoms with Crippen molar-refractivity contribution in [2.75, 3.05) is 24.8 Å². The highest BCUT2D eigenvalue weighted by molar-refractivity contribution is 8.00. The summed E-state index contributed by atoms with van der Waals surface area (Å²) in [4.78, 5) is 32.2. The van der Waals surface area contributed by atoms with Crippen molar-refractivity contribution in [2.45, 2.75) is 24.3 Å². The van der Waals surface area contributed by atoms with Gasteiger partial charge in [0.2, 0.25) is 5.91 Å². The van der Waals surface area contributed by atoms with Gasteiger partial charge in [0, 0.05) is 6.20 Å². The van der Waals surface area contributed by atoms with E-state index in [1.165, 1.54) is 13.3 Å². The summed E-state index contributed by atoms with van der Waals surface area (Å²) >= 11 is 1.13. The summed E-state index contributed by atoms with van der Waals surface area (Å²) in [5.41, 5.74) is 6.46. The lowest BCUT2D eigenvalue weighted by molar-refractivity contribution is -0.115. The number of esters is 1. The van der Waals surface area contributed by atoms with Gasteiger partial charge < -0.3 is 20.5 Å². The first-order valence-corrected chi connectivity index (χ1v) is 8.74. The van der Waals surface area contributed by atoms with Gasteiger partial charge in [0.25, 0.3) is 0 Å². The topological polar surface area (TPSA) is 116 Å². The molecule has 1 atom stereocenters. The van der Waals surface area contributed by atoms with Crippen molar-refractivity contribution in [2.24, 2.45) is 0 Å². The smallest absolute Gasteiger partial charge is 0.343 e. The van der Waals surface area contributed by atoms with Gasteiger partial charge in [0.1, 0.15) is 17.1 Å². The van der Waals surface area contributed by atoms with Gasteiger partial charge in [-0.05, 0) is 26.0 Å². The molecule has 1 aromatic heterocycles. The summed E-state index contributed by atoms with van der Waals surface area (Å²) in [7, 11) is 1.53. The van der Waals surface area contributed by atoms with Crippen molar-refractivity contribution in [1.29, 1.82) is 0 Å². The molecule has 9 heteroatoms. The molecule has 1 amide bonds. The Hall–Kier alpha value is -2.81. The number of carbonyl (C=O) groups is 2. The highest BCUT2D eigenvalue weighted by Crippen LogP contribution is 2.26. The number of thioether (sulfide) groups is 1. The fourth-order valence-electron chi connectivity index (χ4n) is 1.99. The molecule has 0 fully saturated rings. The molecule has 0 bridgehead atoms. The number of rotatable bonds is 7. The Morgan fingerprint density at radius 3 is 2.73 bits per heavy atom. The molecule has 0 radical (unpaired) electrons. The maximum absolute atomic E-state index is 12.4. The third kappa shape index (κ3) is 4.85. The van der Waals surface area contributed by atoms with Crippen molar-refractivity contribution < 1.29 is 19.1 Å². The predicted molar refractivity (Wildman–Crippen MR) is 99.3 cm³/mol. The maximum Gasteiger partial charge on any atom is 0.343 e. The zero-order valence-corrected chi connectivity index (χ0v) is 15.5. The fraction of sp³-hybridized carbons (Fsp3) is 0.294. The quantitative estimate of drug-likeness (QED) is 0.430. The summed E-state index contributed by atoms with van der Waals surface area (Å²) in [5, 5.41) is 2.59. The first kappa shape index (κ1) is 19.5. The van der Waals surface area contributed by atoms with Crippen LogP contribution in [0.3, 0.4) is 0 Å². The van der Waals surface area contributed by atoms with E-state index in [2.05, 4.69) is 15.3 Å². The number of anilines is 2. The molecule has 26 heavy (non-hydrogen) atoms. The second-order valence-corrected chi connectivity index (χ2v) is 6.43. The Bertz CT molecular complexity index is 800. The van der Waals surface area contributed by atoms with Crippen molar-refractivity contribution in [1.82, 2.24) is 9.97 Å². The number of nitrogens with two attached hydrogens (primary N) is 1. The summed E-state index contributed by atoms with van der Waals surface area (Å²) < 4.78 is 10.1. The van der Waals surface area contributed by atoms with Crippen LogP contribution in [0.5, 0.6) is 5.75 Å². The van der Waals surface area contributed by atoms with Crippen molar-refractivity contribution in [3.63, 3.8) is 0 Å². The molecule has 3 N–H and O–H groups in total. The number of nitrogen functional groups attached to an aromatic ring is 1. The summed E-state index contributed by atoms with van der Waals surface area (Å²) in [5.74, 6) is -0.240. The minimum absolute atomic E-state index is 0.0123. The SMILES string of the molecule is CCOC(=O)c1cnc(S[C@H](C)C(=O)Nc2ccccc2OC)nc1N. The van der Waals surface area contributed by atoms with Crippen LogP contribution < -0.4 is 15.8 Å². The fourth-order valence-corrected chi connectivity index (χ4v) is 2.74. The van der Waals surface area contributed by atoms with Crippen LogP contribution in [-0.4, -0.2) is 40.8 Å². The molecule has 0 spiro atoms. The van der Waals surface area contributed by atoms with Gasteiger partial charge in [0.05, 0.1) is 24.7 Å². The number of carbonyl (C=O) groups excluding carboxylic acids is 2. The van der Waals surface area contributed by atoms with Gasteiger partial charge in [0.15, 0.2) is 5.16 Å². The summed E-state index contributed by atoms with van der Waals surface area (Å²) in [6.07, 6.45) is 1.30. The minimum Gasteiger partial charge on any atom is -0.495 e. The molecule has 0 saturated heterocycles. The standard InChI is InChI=1S/C17H20N4O4S/c1-4-25-16(23)11-9-19-17(21-14(11)18)26-10(2)15(22)20-12-7-5-6-8-13(12)24-3/h5-10H,4H2,1-3H3,(H,20,22)(H2,18,19,21)/t10-/m1/s1. The summed E-state index contributed by atoms with van der Waals surface area (Å²) in [6, 6.07) is 7.12. The molecule has 0 aliphatic heterocycles. The molecule has 2 rings (SSSR count). The normalized spacial score (nSPS) is 11.5. The lowest BCUT2D eigenvalue weighted by atomic mass is 10.3. The molecule has 1 aromatic carbocycles. The van der Waals surface area contributed by atoms with E-state index < -0.39 is 11.2 Å². The number of amides is 1. The maximum atomic E-state index is 12.4. The van der Waals surface area contributed by atoms with Gasteiger partial charge in [-0.15, -0.1) is 0 Å². The highest BCUT2D eigenvalue weighted by Gasteiger charge is 2.19. The number of methoxy groups -OCH3 is 1. The first-order chi connectivity index (χ1) is 12.5. The number of ether oxygens (including phenoxy) is 2. The van der Waals surface area contributed by atoms with E-state index in [0.717, 1.165) is 11.8 Å². The third-order valence-electron chi connectivity index (χ3n) is 3.31. The first-order valence-electron chi connectivity index (χ1n) is 7.86. The molecule has 8 nitrogen and oxygen atoms in total. The van der Waals surface area contributed by atoms with Gasteiger partial charge in [-0.25, -0.2) is 14.8 Å². The molecule has 2 aromatic rings. The number of benzene rings is 1. The van der Waals surface area contributed by atoms with E-state index in [0.29, 0.717) is 16.6 Å². The number of para-hydroxylation sites is 2. The van der Waals surface area contributed by atoms with Crippen LogP contribution in [0.1, 0.15) is 24.2 Å². The predicted octanol–water partition coefficient (Wildman–Crippen LogP) is 2.36. The average Bonchev–Trinajstić information content (AvgIpc) is 2.62. The molecule has 0 aliphatic carbocycles. The number of hydrogen-bond donors (Lipinski definition) is 2. The Labute approximate surface area is 155 Å². The van der Waals surface area contributed by atoms with Gasteiger partial charge in [-0.3, -0.25) is 4.79 Å². The van der Waals surface area contributed by atoms with Crippen molar-refractivity contribution >= 4 is 35.1 Å². The molecule has 1 heterocycles. The lowest BCUT2D eigenvalue weighted by Gasteiger charge is -2.13. The molecular formula is C17H20N4O4S.